The van der Waals surface area contributed by atoms with Gasteiger partial charge in [0.05, 0.1) is 22.2 Å². The number of methoxy groups -OCH3 is 1. The number of aryl methyl sites for hydroxylation is 1. The van der Waals surface area contributed by atoms with Gasteiger partial charge in [-0.2, -0.15) is 0 Å². The predicted molar refractivity (Wildman–Crippen MR) is 53.2 cm³/mol. The van der Waals surface area contributed by atoms with E-state index in [9.17, 15) is 0 Å². The number of hydrogen-bond acceptors (Lipinski definition) is 4. The fraction of sp³-hybridized carbons (Fsp3) is 0.500. The van der Waals surface area contributed by atoms with Crippen LogP contribution in [0.3, 0.4) is 0 Å². The van der Waals surface area contributed by atoms with E-state index in [0.717, 1.165) is 22.0 Å². The number of nitrogens with zero attached hydrogens (tertiary/aromatic N) is 1. The molecule has 1 aromatic heterocycles. The maximum absolute atomic E-state index is 7.34. The van der Waals surface area contributed by atoms with E-state index < -0.39 is 0 Å². The molecular weight excluding hydrogens is 186 g/mol. The van der Waals surface area contributed by atoms with Crippen molar-refractivity contribution in [1.29, 1.82) is 5.41 Å². The molecule has 0 unspecified atom stereocenters. The van der Waals surface area contributed by atoms with E-state index in [1.54, 1.807) is 7.11 Å². The summed E-state index contributed by atoms with van der Waals surface area (Å²) in [5, 5.41) is 8.33. The fourth-order valence-electron chi connectivity index (χ4n) is 0.997. The maximum Gasteiger partial charge on any atom is 0.135 e. The van der Waals surface area contributed by atoms with E-state index in [1.807, 2.05) is 6.92 Å². The zero-order chi connectivity index (χ0) is 9.84. The van der Waals surface area contributed by atoms with Crippen LogP contribution in [0, 0.1) is 5.41 Å². The number of amidine groups is 1. The zero-order valence-corrected chi connectivity index (χ0v) is 8.57. The number of hydrogen-bond donors (Lipinski definition) is 2. The second-order valence-corrected chi connectivity index (χ2v) is 3.67. The van der Waals surface area contributed by atoms with Gasteiger partial charge in [-0.05, 0) is 6.42 Å². The molecule has 0 amide bonds. The summed E-state index contributed by atoms with van der Waals surface area (Å²) in [5.74, 6) is 0.0734. The van der Waals surface area contributed by atoms with Crippen LogP contribution in [0.4, 0.5) is 0 Å². The Morgan fingerprint density at radius 2 is 2.38 bits per heavy atom. The first-order chi connectivity index (χ1) is 6.19. The van der Waals surface area contributed by atoms with Gasteiger partial charge in [-0.1, -0.05) is 6.92 Å². The molecule has 1 aromatic rings. The molecular formula is C8H13N3OS. The Morgan fingerprint density at radius 3 is 2.85 bits per heavy atom. The third-order valence-electron chi connectivity index (χ3n) is 1.57. The van der Waals surface area contributed by atoms with Gasteiger partial charge < -0.3 is 10.5 Å². The minimum absolute atomic E-state index is 0.0734. The Balaban J connectivity index is 3.00. The highest BCUT2D eigenvalue weighted by molar-refractivity contribution is 7.13. The topological polar surface area (TPSA) is 72.0 Å². The van der Waals surface area contributed by atoms with Gasteiger partial charge in [-0.25, -0.2) is 4.98 Å². The molecule has 1 heterocycles. The molecule has 5 heteroatoms. The molecule has 0 aliphatic rings. The summed E-state index contributed by atoms with van der Waals surface area (Å²) in [6.07, 6.45) is 0.870. The van der Waals surface area contributed by atoms with Gasteiger partial charge in [0.15, 0.2) is 0 Å². The Hall–Kier alpha value is -0.940. The van der Waals surface area contributed by atoms with E-state index in [1.165, 1.54) is 11.3 Å². The molecule has 0 aliphatic heterocycles. The normalized spacial score (nSPS) is 10.3. The molecule has 0 bridgehead atoms. The lowest BCUT2D eigenvalue weighted by molar-refractivity contribution is 0.182. The average molecular weight is 199 g/mol. The van der Waals surface area contributed by atoms with E-state index in [-0.39, 0.29) is 5.84 Å². The van der Waals surface area contributed by atoms with Crippen LogP contribution in [0.15, 0.2) is 0 Å². The first-order valence-corrected chi connectivity index (χ1v) is 4.82. The largest absolute Gasteiger partial charge is 0.383 e. The lowest BCUT2D eigenvalue weighted by Crippen LogP contribution is -2.11. The number of nitrogen functional groups attached to an aromatic ring is 1. The van der Waals surface area contributed by atoms with Crippen molar-refractivity contribution < 1.29 is 4.74 Å². The monoisotopic (exact) mass is 199 g/mol. The summed E-state index contributed by atoms with van der Waals surface area (Å²) in [5.41, 5.74) is 6.19. The van der Waals surface area contributed by atoms with E-state index >= 15 is 0 Å². The highest BCUT2D eigenvalue weighted by atomic mass is 32.1. The van der Waals surface area contributed by atoms with Gasteiger partial charge in [-0.3, -0.25) is 5.41 Å². The van der Waals surface area contributed by atoms with Crippen LogP contribution in [0.5, 0.6) is 0 Å². The van der Waals surface area contributed by atoms with Gasteiger partial charge >= 0.3 is 0 Å². The van der Waals surface area contributed by atoms with Crippen molar-refractivity contribution in [1.82, 2.24) is 4.98 Å². The standard InChI is InChI=1S/C8H13N3OS/c1-3-6-11-5(4-12-2)7(13-6)8(9)10/h3-4H2,1-2H3,(H3,9,10). The lowest BCUT2D eigenvalue weighted by atomic mass is 10.3. The van der Waals surface area contributed by atoms with Crippen molar-refractivity contribution in [3.05, 3.63) is 15.6 Å². The Morgan fingerprint density at radius 1 is 1.69 bits per heavy atom. The van der Waals surface area contributed by atoms with Crippen LogP contribution < -0.4 is 5.73 Å². The number of rotatable bonds is 4. The minimum atomic E-state index is 0.0734. The van der Waals surface area contributed by atoms with Crippen LogP contribution in [0.2, 0.25) is 0 Å². The smallest absolute Gasteiger partial charge is 0.135 e. The summed E-state index contributed by atoms with van der Waals surface area (Å²) < 4.78 is 4.97. The van der Waals surface area contributed by atoms with Crippen molar-refractivity contribution in [2.24, 2.45) is 5.73 Å². The number of nitrogens with two attached hydrogens (primary N) is 1. The molecule has 0 atom stereocenters. The first kappa shape index (κ1) is 10.1. The van der Waals surface area contributed by atoms with Crippen LogP contribution in [0.1, 0.15) is 22.5 Å². The van der Waals surface area contributed by atoms with Gasteiger partial charge in [-0.15, -0.1) is 11.3 Å². The molecule has 0 aliphatic carbocycles. The Kier molecular flexibility index (Phi) is 3.39. The second kappa shape index (κ2) is 4.34. The summed E-state index contributed by atoms with van der Waals surface area (Å²) in [6, 6.07) is 0. The van der Waals surface area contributed by atoms with Gasteiger partial charge in [0.2, 0.25) is 0 Å². The highest BCUT2D eigenvalue weighted by Crippen LogP contribution is 2.19. The highest BCUT2D eigenvalue weighted by Gasteiger charge is 2.11. The van der Waals surface area contributed by atoms with Crippen molar-refractivity contribution >= 4 is 17.2 Å². The van der Waals surface area contributed by atoms with Crippen molar-refractivity contribution in [3.63, 3.8) is 0 Å². The molecule has 4 nitrogen and oxygen atoms in total. The molecule has 0 saturated carbocycles. The molecule has 1 rings (SSSR count). The quantitative estimate of drug-likeness (QED) is 0.564. The van der Waals surface area contributed by atoms with Crippen LogP contribution in [-0.4, -0.2) is 17.9 Å². The van der Waals surface area contributed by atoms with Crippen molar-refractivity contribution in [2.45, 2.75) is 20.0 Å². The summed E-state index contributed by atoms with van der Waals surface area (Å²) in [6.45, 7) is 2.45. The van der Waals surface area contributed by atoms with Crippen molar-refractivity contribution in [3.8, 4) is 0 Å². The third kappa shape index (κ3) is 2.26. The SMILES string of the molecule is CCc1nc(COC)c(C(=N)N)s1. The number of nitrogens with one attached hydrogen (secondary N) is 1. The van der Waals surface area contributed by atoms with Gasteiger partial charge in [0, 0.05) is 7.11 Å². The van der Waals surface area contributed by atoms with Gasteiger partial charge in [0.1, 0.15) is 5.84 Å². The second-order valence-electron chi connectivity index (χ2n) is 2.58. The molecule has 0 fully saturated rings. The average Bonchev–Trinajstić information content (AvgIpc) is 2.48. The van der Waals surface area contributed by atoms with E-state index in [2.05, 4.69) is 4.98 Å². The molecule has 13 heavy (non-hydrogen) atoms. The number of aromatic nitrogens is 1. The molecule has 72 valence electrons. The van der Waals surface area contributed by atoms with Crippen molar-refractivity contribution in [2.75, 3.05) is 7.11 Å². The summed E-state index contributed by atoms with van der Waals surface area (Å²) in [4.78, 5) is 5.05. The maximum atomic E-state index is 7.34. The van der Waals surface area contributed by atoms with E-state index in [0.29, 0.717) is 6.61 Å². The lowest BCUT2D eigenvalue weighted by Gasteiger charge is -1.97. The molecule has 0 saturated heterocycles. The van der Waals surface area contributed by atoms with Crippen LogP contribution in [-0.2, 0) is 17.8 Å². The molecule has 0 aromatic carbocycles. The van der Waals surface area contributed by atoms with Crippen LogP contribution in [0.25, 0.3) is 0 Å². The summed E-state index contributed by atoms with van der Waals surface area (Å²) >= 11 is 1.47. The first-order valence-electron chi connectivity index (χ1n) is 4.01. The van der Waals surface area contributed by atoms with Crippen LogP contribution >= 0.6 is 11.3 Å². The van der Waals surface area contributed by atoms with Gasteiger partial charge in [0.25, 0.3) is 0 Å². The minimum Gasteiger partial charge on any atom is -0.383 e. The fourth-order valence-corrected chi connectivity index (χ4v) is 1.87. The third-order valence-corrected chi connectivity index (χ3v) is 2.85. The number of thiazole rings is 1. The number of ether oxygens (including phenoxy) is 1. The molecule has 0 radical (unpaired) electrons. The molecule has 3 N–H and O–H groups in total. The van der Waals surface area contributed by atoms with E-state index in [4.69, 9.17) is 15.9 Å². The zero-order valence-electron chi connectivity index (χ0n) is 7.76. The predicted octanol–water partition coefficient (Wildman–Crippen LogP) is 1.14. The molecule has 0 spiro atoms. The Labute approximate surface area is 81.3 Å². The Bertz CT molecular complexity index is 308. The summed E-state index contributed by atoms with van der Waals surface area (Å²) in [7, 11) is 1.61.